The quantitative estimate of drug-likeness (QED) is 0.682. The first-order valence-electron chi connectivity index (χ1n) is 9.41. The van der Waals surface area contributed by atoms with Crippen molar-refractivity contribution in [2.24, 2.45) is 7.05 Å². The van der Waals surface area contributed by atoms with Gasteiger partial charge in [-0.15, -0.1) is 0 Å². The van der Waals surface area contributed by atoms with Crippen molar-refractivity contribution in [1.29, 1.82) is 0 Å². The van der Waals surface area contributed by atoms with E-state index >= 15 is 0 Å². The molecule has 2 aromatic heterocycles. The van der Waals surface area contributed by atoms with E-state index in [2.05, 4.69) is 17.3 Å². The van der Waals surface area contributed by atoms with Crippen molar-refractivity contribution in [2.45, 2.75) is 26.2 Å². The smallest absolute Gasteiger partial charge is 0.290 e. The minimum atomic E-state index is -0.250. The number of aromatic nitrogens is 3. The van der Waals surface area contributed by atoms with E-state index < -0.39 is 0 Å². The Hall–Kier alpha value is -3.42. The molecule has 29 heavy (non-hydrogen) atoms. The summed E-state index contributed by atoms with van der Waals surface area (Å²) in [5.41, 5.74) is 5.43. The van der Waals surface area contributed by atoms with Gasteiger partial charge in [-0.1, -0.05) is 35.5 Å². The van der Waals surface area contributed by atoms with Gasteiger partial charge in [-0.2, -0.15) is 5.10 Å². The lowest BCUT2D eigenvalue weighted by atomic mass is 10.0. The largest absolute Gasteiger partial charge is 0.483 e. The van der Waals surface area contributed by atoms with Crippen LogP contribution in [0.5, 0.6) is 0 Å². The maximum atomic E-state index is 12.7. The maximum Gasteiger partial charge on any atom is 0.290 e. The summed E-state index contributed by atoms with van der Waals surface area (Å²) in [6.45, 7) is 3.01. The highest BCUT2D eigenvalue weighted by molar-refractivity contribution is 5.78. The zero-order valence-corrected chi connectivity index (χ0v) is 16.5. The van der Waals surface area contributed by atoms with Gasteiger partial charge < -0.3 is 14.5 Å². The van der Waals surface area contributed by atoms with Gasteiger partial charge in [0.15, 0.2) is 0 Å². The first kappa shape index (κ1) is 20.3. The maximum absolute atomic E-state index is 12.7. The minimum absolute atomic E-state index is 0.0863. The Kier molecular flexibility index (Phi) is 6.43. The third-order valence-corrected chi connectivity index (χ3v) is 4.93. The normalized spacial score (nSPS) is 13.1. The van der Waals surface area contributed by atoms with Gasteiger partial charge >= 0.3 is 0 Å². The number of carbonyl (C=O) groups is 2. The molecule has 0 atom stereocenters. The average molecular weight is 396 g/mol. The van der Waals surface area contributed by atoms with Crippen LogP contribution in [0.15, 0.2) is 40.9 Å². The molecule has 1 aliphatic rings. The Balaban J connectivity index is 0.000000755. The summed E-state index contributed by atoms with van der Waals surface area (Å²) in [4.78, 5) is 22.9. The molecule has 1 amide bonds. The second kappa shape index (κ2) is 9.18. The highest BCUT2D eigenvalue weighted by Crippen LogP contribution is 2.28. The first-order chi connectivity index (χ1) is 14.0. The molecule has 0 bridgehead atoms. The van der Waals surface area contributed by atoms with E-state index in [0.29, 0.717) is 18.8 Å². The van der Waals surface area contributed by atoms with Crippen LogP contribution in [0.2, 0.25) is 0 Å². The molecule has 0 saturated heterocycles. The summed E-state index contributed by atoms with van der Waals surface area (Å²) >= 11 is 0. The third kappa shape index (κ3) is 4.71. The standard InChI is InChI=1S/C20H22N4O2.CH2O2/c1-14-12-16(26-22-14)13-19(25)24-10-8-17-18(9-11-24)23(2)21-20(17)15-6-4-3-5-7-15;2-1-3/h3-7,12H,8-11,13H2,1-2H3;1H,(H,2,3). The van der Waals surface area contributed by atoms with Crippen molar-refractivity contribution in [3.05, 3.63) is 59.1 Å². The van der Waals surface area contributed by atoms with Crippen molar-refractivity contribution >= 4 is 12.4 Å². The fourth-order valence-electron chi connectivity index (χ4n) is 3.62. The van der Waals surface area contributed by atoms with Crippen LogP contribution in [0.1, 0.15) is 22.7 Å². The van der Waals surface area contributed by atoms with Crippen molar-refractivity contribution in [3.63, 3.8) is 0 Å². The van der Waals surface area contributed by atoms with Gasteiger partial charge in [-0.3, -0.25) is 14.3 Å². The Morgan fingerprint density at radius 1 is 1.24 bits per heavy atom. The molecule has 0 fully saturated rings. The van der Waals surface area contributed by atoms with E-state index in [0.717, 1.165) is 29.8 Å². The van der Waals surface area contributed by atoms with Crippen LogP contribution in [0, 0.1) is 6.92 Å². The molecule has 1 N–H and O–H groups in total. The average Bonchev–Trinajstić information content (AvgIpc) is 3.17. The van der Waals surface area contributed by atoms with Crippen LogP contribution < -0.4 is 0 Å². The van der Waals surface area contributed by atoms with Gasteiger partial charge in [0.1, 0.15) is 5.76 Å². The van der Waals surface area contributed by atoms with Crippen LogP contribution in [0.25, 0.3) is 11.3 Å². The van der Waals surface area contributed by atoms with E-state index in [4.69, 9.17) is 19.5 Å². The summed E-state index contributed by atoms with van der Waals surface area (Å²) in [7, 11) is 1.99. The lowest BCUT2D eigenvalue weighted by Crippen LogP contribution is -2.34. The fraction of sp³-hybridized carbons (Fsp3) is 0.333. The number of hydrogen-bond donors (Lipinski definition) is 1. The molecule has 0 radical (unpaired) electrons. The number of carboxylic acid groups (broad SMARTS) is 1. The van der Waals surface area contributed by atoms with Crippen LogP contribution >= 0.6 is 0 Å². The van der Waals surface area contributed by atoms with Gasteiger partial charge in [0.25, 0.3) is 6.47 Å². The third-order valence-electron chi connectivity index (χ3n) is 4.93. The molecule has 1 aromatic carbocycles. The molecule has 3 heterocycles. The zero-order valence-electron chi connectivity index (χ0n) is 16.5. The van der Waals surface area contributed by atoms with Crippen molar-refractivity contribution in [1.82, 2.24) is 19.8 Å². The minimum Gasteiger partial charge on any atom is -0.483 e. The summed E-state index contributed by atoms with van der Waals surface area (Å²) in [5.74, 6) is 0.712. The lowest BCUT2D eigenvalue weighted by molar-refractivity contribution is -0.130. The van der Waals surface area contributed by atoms with Crippen LogP contribution in [-0.2, 0) is 35.9 Å². The fourth-order valence-corrected chi connectivity index (χ4v) is 3.62. The molecule has 0 aliphatic carbocycles. The Bertz CT molecular complexity index is 978. The molecule has 8 nitrogen and oxygen atoms in total. The highest BCUT2D eigenvalue weighted by atomic mass is 16.5. The van der Waals surface area contributed by atoms with Gasteiger partial charge in [0.2, 0.25) is 5.91 Å². The predicted molar refractivity (Wildman–Crippen MR) is 106 cm³/mol. The zero-order chi connectivity index (χ0) is 20.8. The molecule has 8 heteroatoms. The second-order valence-electron chi connectivity index (χ2n) is 6.86. The number of benzene rings is 1. The van der Waals surface area contributed by atoms with Crippen LogP contribution in [0.4, 0.5) is 0 Å². The summed E-state index contributed by atoms with van der Waals surface area (Å²) in [5, 5.41) is 15.5. The molecular formula is C21H24N4O4. The molecule has 0 saturated carbocycles. The molecular weight excluding hydrogens is 372 g/mol. The number of amides is 1. The molecule has 4 rings (SSSR count). The van der Waals surface area contributed by atoms with Gasteiger partial charge in [0, 0.05) is 49.4 Å². The summed E-state index contributed by atoms with van der Waals surface area (Å²) in [6.07, 6.45) is 1.89. The van der Waals surface area contributed by atoms with Crippen molar-refractivity contribution in [3.8, 4) is 11.3 Å². The molecule has 152 valence electrons. The number of aryl methyl sites for hydroxylation is 2. The summed E-state index contributed by atoms with van der Waals surface area (Å²) < 4.78 is 7.15. The van der Waals surface area contributed by atoms with Crippen molar-refractivity contribution in [2.75, 3.05) is 13.1 Å². The number of rotatable bonds is 3. The predicted octanol–water partition coefficient (Wildman–Crippen LogP) is 2.25. The summed E-state index contributed by atoms with van der Waals surface area (Å²) in [6, 6.07) is 12.1. The first-order valence-corrected chi connectivity index (χ1v) is 9.41. The lowest BCUT2D eigenvalue weighted by Gasteiger charge is -2.19. The highest BCUT2D eigenvalue weighted by Gasteiger charge is 2.25. The van der Waals surface area contributed by atoms with Gasteiger partial charge in [-0.05, 0) is 13.3 Å². The number of fused-ring (bicyclic) bond motifs is 1. The number of hydrogen-bond acceptors (Lipinski definition) is 5. The van der Waals surface area contributed by atoms with Gasteiger partial charge in [-0.25, -0.2) is 0 Å². The van der Waals surface area contributed by atoms with E-state index in [-0.39, 0.29) is 18.8 Å². The van der Waals surface area contributed by atoms with Crippen LogP contribution in [-0.4, -0.2) is 50.4 Å². The number of nitrogens with zero attached hydrogens (tertiary/aromatic N) is 4. The van der Waals surface area contributed by atoms with Crippen molar-refractivity contribution < 1.29 is 19.2 Å². The van der Waals surface area contributed by atoms with E-state index in [1.165, 1.54) is 11.3 Å². The Morgan fingerprint density at radius 3 is 2.59 bits per heavy atom. The van der Waals surface area contributed by atoms with E-state index in [1.54, 1.807) is 0 Å². The van der Waals surface area contributed by atoms with E-state index in [1.807, 2.05) is 47.8 Å². The monoisotopic (exact) mass is 396 g/mol. The number of carbonyl (C=O) groups excluding carboxylic acids is 1. The Labute approximate surface area is 168 Å². The second-order valence-corrected chi connectivity index (χ2v) is 6.86. The topological polar surface area (TPSA) is 101 Å². The van der Waals surface area contributed by atoms with E-state index in [9.17, 15) is 4.79 Å². The van der Waals surface area contributed by atoms with Gasteiger partial charge in [0.05, 0.1) is 17.8 Å². The molecule has 0 spiro atoms. The Morgan fingerprint density at radius 2 is 1.93 bits per heavy atom. The SMILES string of the molecule is Cc1cc(CC(=O)N2CCc3c(-c4ccccc4)nn(C)c3CC2)on1.O=CO. The van der Waals surface area contributed by atoms with Crippen LogP contribution in [0.3, 0.4) is 0 Å². The molecule has 0 unspecified atom stereocenters. The molecule has 1 aliphatic heterocycles. The molecule has 3 aromatic rings.